The van der Waals surface area contributed by atoms with Crippen molar-refractivity contribution in [1.82, 2.24) is 4.90 Å². The summed E-state index contributed by atoms with van der Waals surface area (Å²) >= 11 is 12.1. The van der Waals surface area contributed by atoms with Crippen molar-refractivity contribution < 1.29 is 14.3 Å². The molecular formula is C20H20Cl2N2O3. The number of halogens is 2. The summed E-state index contributed by atoms with van der Waals surface area (Å²) in [5, 5.41) is 3.86. The molecule has 1 fully saturated rings. The number of amides is 1. The summed E-state index contributed by atoms with van der Waals surface area (Å²) in [5.41, 5.74) is 1.68. The van der Waals surface area contributed by atoms with Crippen LogP contribution in [0.15, 0.2) is 36.4 Å². The topological polar surface area (TPSA) is 50.8 Å². The molecule has 7 heteroatoms. The highest BCUT2D eigenvalue weighted by Crippen LogP contribution is 2.38. The van der Waals surface area contributed by atoms with Crippen LogP contribution in [0.4, 0.5) is 5.69 Å². The molecule has 27 heavy (non-hydrogen) atoms. The van der Waals surface area contributed by atoms with E-state index in [1.807, 2.05) is 12.1 Å². The van der Waals surface area contributed by atoms with Gasteiger partial charge in [-0.1, -0.05) is 29.3 Å². The number of carbonyl (C=O) groups excluding carboxylic acids is 1. The Hall–Kier alpha value is -1.95. The number of benzene rings is 2. The Labute approximate surface area is 168 Å². The predicted octanol–water partition coefficient (Wildman–Crippen LogP) is 4.54. The summed E-state index contributed by atoms with van der Waals surface area (Å²) in [4.78, 5) is 14.7. The number of hydrogen-bond acceptors (Lipinski definition) is 4. The molecule has 0 radical (unpaired) electrons. The van der Waals surface area contributed by atoms with E-state index in [9.17, 15) is 4.79 Å². The molecule has 0 aliphatic carbocycles. The molecule has 1 atom stereocenters. The zero-order valence-electron chi connectivity index (χ0n) is 14.7. The quantitative estimate of drug-likeness (QED) is 0.809. The Morgan fingerprint density at radius 1 is 1.11 bits per heavy atom. The van der Waals surface area contributed by atoms with Crippen molar-refractivity contribution in [3.63, 3.8) is 0 Å². The maximum atomic E-state index is 12.5. The lowest BCUT2D eigenvalue weighted by molar-refractivity contribution is -0.117. The smallest absolute Gasteiger partial charge is 0.238 e. The van der Waals surface area contributed by atoms with Crippen LogP contribution in [-0.4, -0.2) is 37.1 Å². The normalized spacial score (nSPS) is 19.1. The molecule has 142 valence electrons. The molecule has 5 nitrogen and oxygen atoms in total. The van der Waals surface area contributed by atoms with Crippen LogP contribution in [0.1, 0.15) is 24.4 Å². The summed E-state index contributed by atoms with van der Waals surface area (Å²) in [6, 6.07) is 11.2. The number of anilines is 1. The van der Waals surface area contributed by atoms with Crippen molar-refractivity contribution in [2.24, 2.45) is 0 Å². The molecule has 0 unspecified atom stereocenters. The van der Waals surface area contributed by atoms with Crippen molar-refractivity contribution in [3.05, 3.63) is 52.0 Å². The van der Waals surface area contributed by atoms with Crippen molar-refractivity contribution in [3.8, 4) is 11.5 Å². The summed E-state index contributed by atoms with van der Waals surface area (Å²) in [6.07, 6.45) is 2.05. The summed E-state index contributed by atoms with van der Waals surface area (Å²) < 4.78 is 11.3. The van der Waals surface area contributed by atoms with Gasteiger partial charge in [-0.2, -0.15) is 0 Å². The number of ether oxygens (including phenoxy) is 2. The largest absolute Gasteiger partial charge is 0.486 e. The molecule has 0 saturated carbocycles. The van der Waals surface area contributed by atoms with Gasteiger partial charge >= 0.3 is 0 Å². The fourth-order valence-corrected chi connectivity index (χ4v) is 3.96. The Morgan fingerprint density at radius 2 is 1.93 bits per heavy atom. The van der Waals surface area contributed by atoms with Crippen LogP contribution in [0.3, 0.4) is 0 Å². The number of hydrogen-bond donors (Lipinski definition) is 1. The number of nitrogens with zero attached hydrogens (tertiary/aromatic N) is 1. The highest BCUT2D eigenvalue weighted by molar-refractivity contribution is 6.35. The van der Waals surface area contributed by atoms with Gasteiger partial charge in [0, 0.05) is 11.1 Å². The van der Waals surface area contributed by atoms with Crippen LogP contribution in [0, 0.1) is 0 Å². The zero-order valence-corrected chi connectivity index (χ0v) is 16.2. The Kier molecular flexibility index (Phi) is 5.43. The SMILES string of the molecule is O=C(CN1CCC[C@@H]1c1ccc2c(c1)OCCO2)Nc1cc(Cl)ccc1Cl. The average Bonchev–Trinajstić information content (AvgIpc) is 3.12. The fourth-order valence-electron chi connectivity index (χ4n) is 3.63. The molecule has 2 heterocycles. The van der Waals surface area contributed by atoms with Crippen molar-refractivity contribution in [1.29, 1.82) is 0 Å². The van der Waals surface area contributed by atoms with E-state index in [0.717, 1.165) is 36.4 Å². The van der Waals surface area contributed by atoms with Crippen molar-refractivity contribution in [2.45, 2.75) is 18.9 Å². The monoisotopic (exact) mass is 406 g/mol. The number of rotatable bonds is 4. The van der Waals surface area contributed by atoms with E-state index in [4.69, 9.17) is 32.7 Å². The molecule has 0 bridgehead atoms. The number of nitrogens with one attached hydrogen (secondary N) is 1. The van der Waals surface area contributed by atoms with E-state index in [-0.39, 0.29) is 11.9 Å². The van der Waals surface area contributed by atoms with E-state index in [1.165, 1.54) is 0 Å². The van der Waals surface area contributed by atoms with Crippen LogP contribution in [0.5, 0.6) is 11.5 Å². The van der Waals surface area contributed by atoms with Gasteiger partial charge in [-0.25, -0.2) is 0 Å². The molecule has 1 saturated heterocycles. The molecule has 2 aliphatic heterocycles. The molecule has 2 aromatic carbocycles. The van der Waals surface area contributed by atoms with E-state index in [2.05, 4.69) is 16.3 Å². The third-order valence-corrected chi connectivity index (χ3v) is 5.43. The van der Waals surface area contributed by atoms with Gasteiger partial charge in [0.2, 0.25) is 5.91 Å². The summed E-state index contributed by atoms with van der Waals surface area (Å²) in [6.45, 7) is 2.31. The van der Waals surface area contributed by atoms with Gasteiger partial charge in [-0.3, -0.25) is 9.69 Å². The first kappa shape index (κ1) is 18.4. The highest BCUT2D eigenvalue weighted by Gasteiger charge is 2.29. The summed E-state index contributed by atoms with van der Waals surface area (Å²) in [5.74, 6) is 1.45. The Balaban J connectivity index is 1.45. The lowest BCUT2D eigenvalue weighted by atomic mass is 10.0. The maximum Gasteiger partial charge on any atom is 0.238 e. The maximum absolute atomic E-state index is 12.5. The van der Waals surface area contributed by atoms with Crippen LogP contribution in [0.25, 0.3) is 0 Å². The minimum Gasteiger partial charge on any atom is -0.486 e. The number of carbonyl (C=O) groups is 1. The summed E-state index contributed by atoms with van der Waals surface area (Å²) in [7, 11) is 0. The molecule has 0 spiro atoms. The van der Waals surface area contributed by atoms with Gasteiger partial charge in [-0.05, 0) is 55.3 Å². The minimum absolute atomic E-state index is 0.108. The molecule has 2 aromatic rings. The van der Waals surface area contributed by atoms with Gasteiger partial charge in [0.15, 0.2) is 11.5 Å². The minimum atomic E-state index is -0.108. The third kappa shape index (κ3) is 4.15. The molecule has 2 aliphatic rings. The lowest BCUT2D eigenvalue weighted by Gasteiger charge is -2.26. The van der Waals surface area contributed by atoms with Gasteiger partial charge in [0.1, 0.15) is 13.2 Å². The molecule has 1 amide bonds. The van der Waals surface area contributed by atoms with Crippen LogP contribution >= 0.6 is 23.2 Å². The first-order chi connectivity index (χ1) is 13.1. The van der Waals surface area contributed by atoms with Gasteiger partial charge in [-0.15, -0.1) is 0 Å². The molecular weight excluding hydrogens is 387 g/mol. The molecule has 4 rings (SSSR count). The van der Waals surface area contributed by atoms with Crippen molar-refractivity contribution >= 4 is 34.8 Å². The van der Waals surface area contributed by atoms with Crippen LogP contribution < -0.4 is 14.8 Å². The highest BCUT2D eigenvalue weighted by atomic mass is 35.5. The first-order valence-electron chi connectivity index (χ1n) is 8.98. The molecule has 0 aromatic heterocycles. The van der Waals surface area contributed by atoms with E-state index < -0.39 is 0 Å². The van der Waals surface area contributed by atoms with Gasteiger partial charge in [0.05, 0.1) is 17.3 Å². The van der Waals surface area contributed by atoms with Gasteiger partial charge in [0.25, 0.3) is 0 Å². The van der Waals surface area contributed by atoms with Crippen molar-refractivity contribution in [2.75, 3.05) is 31.6 Å². The zero-order chi connectivity index (χ0) is 18.8. The standard InChI is InChI=1S/C20H20Cl2N2O3/c21-14-4-5-15(22)16(11-14)23-20(25)12-24-7-1-2-17(24)13-3-6-18-19(10-13)27-9-8-26-18/h3-6,10-11,17H,1-2,7-9,12H2,(H,23,25)/t17-/m1/s1. The first-order valence-corrected chi connectivity index (χ1v) is 9.74. The third-order valence-electron chi connectivity index (χ3n) is 4.86. The second-order valence-electron chi connectivity index (χ2n) is 6.70. The Bertz CT molecular complexity index is 859. The van der Waals surface area contributed by atoms with Gasteiger partial charge < -0.3 is 14.8 Å². The van der Waals surface area contributed by atoms with E-state index in [1.54, 1.807) is 18.2 Å². The fraction of sp³-hybridized carbons (Fsp3) is 0.350. The van der Waals surface area contributed by atoms with Crippen LogP contribution in [-0.2, 0) is 4.79 Å². The second kappa shape index (κ2) is 7.97. The van der Waals surface area contributed by atoms with Crippen LogP contribution in [0.2, 0.25) is 10.0 Å². The number of likely N-dealkylation sites (tertiary alicyclic amines) is 1. The van der Waals surface area contributed by atoms with E-state index >= 15 is 0 Å². The Morgan fingerprint density at radius 3 is 2.78 bits per heavy atom. The molecule has 1 N–H and O–H groups in total. The predicted molar refractivity (Wildman–Crippen MR) is 106 cm³/mol. The van der Waals surface area contributed by atoms with E-state index in [0.29, 0.717) is 35.5 Å². The number of fused-ring (bicyclic) bond motifs is 1. The second-order valence-corrected chi connectivity index (χ2v) is 7.55. The average molecular weight is 407 g/mol. The lowest BCUT2D eigenvalue weighted by Crippen LogP contribution is -2.33.